The summed E-state index contributed by atoms with van der Waals surface area (Å²) in [7, 11) is 0. The number of pyridine rings is 1. The summed E-state index contributed by atoms with van der Waals surface area (Å²) in [5, 5.41) is 21.9. The van der Waals surface area contributed by atoms with E-state index in [2.05, 4.69) is 25.8 Å². The predicted molar refractivity (Wildman–Crippen MR) is 98.2 cm³/mol. The van der Waals surface area contributed by atoms with Gasteiger partial charge in [-0.3, -0.25) is 5.10 Å². The van der Waals surface area contributed by atoms with E-state index < -0.39 is 5.97 Å². The number of aromatic amines is 1. The van der Waals surface area contributed by atoms with Crippen LogP contribution in [0, 0.1) is 0 Å². The van der Waals surface area contributed by atoms with Crippen LogP contribution in [0.15, 0.2) is 24.3 Å². The van der Waals surface area contributed by atoms with Gasteiger partial charge in [-0.2, -0.15) is 5.10 Å². The number of aromatic carboxylic acids is 1. The van der Waals surface area contributed by atoms with Gasteiger partial charge < -0.3 is 20.5 Å². The van der Waals surface area contributed by atoms with Crippen LogP contribution in [-0.4, -0.2) is 44.5 Å². The Morgan fingerprint density at radius 3 is 2.85 bits per heavy atom. The molecule has 9 heteroatoms. The van der Waals surface area contributed by atoms with Gasteiger partial charge in [-0.15, -0.1) is 0 Å². The molecule has 27 heavy (non-hydrogen) atoms. The molecule has 1 aliphatic rings. The Balaban J connectivity index is 1.57. The number of alkyl carbamates (subject to hydrolysis) is 1. The minimum absolute atomic E-state index is 0.0359. The van der Waals surface area contributed by atoms with Crippen LogP contribution in [0.3, 0.4) is 0 Å². The maximum atomic E-state index is 11.7. The maximum Gasteiger partial charge on any atom is 0.407 e. The van der Waals surface area contributed by atoms with Crippen LogP contribution in [0.2, 0.25) is 0 Å². The Hall–Kier alpha value is -3.10. The lowest BCUT2D eigenvalue weighted by atomic mass is 10.0. The SMILES string of the molecule is CC(C)NC(=O)O[C@@H]1CC[C@H](c2cc(Nc3cccc(C(=O)O)n3)n[nH]2)C1. The zero-order valence-electron chi connectivity index (χ0n) is 15.2. The van der Waals surface area contributed by atoms with Gasteiger partial charge in [0.1, 0.15) is 11.9 Å². The molecule has 1 saturated carbocycles. The van der Waals surface area contributed by atoms with Crippen LogP contribution in [0.25, 0.3) is 0 Å². The van der Waals surface area contributed by atoms with Crippen molar-refractivity contribution in [1.29, 1.82) is 0 Å². The van der Waals surface area contributed by atoms with Gasteiger partial charge >= 0.3 is 12.1 Å². The average molecular weight is 373 g/mol. The third-order valence-corrected chi connectivity index (χ3v) is 4.33. The molecule has 0 aromatic carbocycles. The predicted octanol–water partition coefficient (Wildman–Crippen LogP) is 3.02. The zero-order valence-corrected chi connectivity index (χ0v) is 15.2. The lowest BCUT2D eigenvalue weighted by Gasteiger charge is -2.14. The molecule has 3 rings (SSSR count). The van der Waals surface area contributed by atoms with Crippen molar-refractivity contribution < 1.29 is 19.4 Å². The minimum Gasteiger partial charge on any atom is -0.477 e. The van der Waals surface area contributed by atoms with Crippen molar-refractivity contribution in [1.82, 2.24) is 20.5 Å². The zero-order chi connectivity index (χ0) is 19.4. The minimum atomic E-state index is -1.08. The summed E-state index contributed by atoms with van der Waals surface area (Å²) in [5.41, 5.74) is 0.911. The molecule has 2 atom stereocenters. The van der Waals surface area contributed by atoms with Crippen LogP contribution in [-0.2, 0) is 4.74 Å². The number of rotatable bonds is 6. The number of carboxylic acid groups (broad SMARTS) is 1. The molecule has 2 aromatic heterocycles. The largest absolute Gasteiger partial charge is 0.477 e. The number of ether oxygens (including phenoxy) is 1. The smallest absolute Gasteiger partial charge is 0.407 e. The van der Waals surface area contributed by atoms with Crippen LogP contribution in [0.1, 0.15) is 55.2 Å². The van der Waals surface area contributed by atoms with E-state index in [1.54, 1.807) is 12.1 Å². The van der Waals surface area contributed by atoms with Crippen molar-refractivity contribution in [3.63, 3.8) is 0 Å². The van der Waals surface area contributed by atoms with Crippen molar-refractivity contribution in [3.05, 3.63) is 35.7 Å². The normalized spacial score (nSPS) is 19.1. The van der Waals surface area contributed by atoms with Crippen LogP contribution in [0.5, 0.6) is 0 Å². The van der Waals surface area contributed by atoms with Gasteiger partial charge in [0.25, 0.3) is 0 Å². The summed E-state index contributed by atoms with van der Waals surface area (Å²) in [6.07, 6.45) is 1.95. The number of aromatic nitrogens is 3. The lowest BCUT2D eigenvalue weighted by molar-refractivity contribution is 0.0690. The van der Waals surface area contributed by atoms with Gasteiger partial charge in [0.2, 0.25) is 0 Å². The molecule has 1 fully saturated rings. The number of nitrogens with zero attached hydrogens (tertiary/aromatic N) is 2. The third-order valence-electron chi connectivity index (χ3n) is 4.33. The lowest BCUT2D eigenvalue weighted by Crippen LogP contribution is -2.33. The Kier molecular flexibility index (Phi) is 5.58. The maximum absolute atomic E-state index is 11.7. The van der Waals surface area contributed by atoms with Crippen LogP contribution < -0.4 is 10.6 Å². The molecule has 144 valence electrons. The summed E-state index contributed by atoms with van der Waals surface area (Å²) in [5.74, 6) is 0.107. The van der Waals surface area contributed by atoms with E-state index in [1.165, 1.54) is 6.07 Å². The van der Waals surface area contributed by atoms with E-state index in [4.69, 9.17) is 9.84 Å². The molecule has 2 aromatic rings. The summed E-state index contributed by atoms with van der Waals surface area (Å²) in [6.45, 7) is 3.78. The summed E-state index contributed by atoms with van der Waals surface area (Å²) in [4.78, 5) is 26.7. The highest BCUT2D eigenvalue weighted by Crippen LogP contribution is 2.36. The number of hydrogen-bond donors (Lipinski definition) is 4. The fourth-order valence-corrected chi connectivity index (χ4v) is 3.12. The molecule has 9 nitrogen and oxygen atoms in total. The summed E-state index contributed by atoms with van der Waals surface area (Å²) < 4.78 is 5.45. The number of carboxylic acids is 1. The Morgan fingerprint density at radius 1 is 1.30 bits per heavy atom. The molecule has 0 aliphatic heterocycles. The second-order valence-corrected chi connectivity index (χ2v) is 6.88. The highest BCUT2D eigenvalue weighted by atomic mass is 16.6. The fourth-order valence-electron chi connectivity index (χ4n) is 3.12. The second-order valence-electron chi connectivity index (χ2n) is 6.88. The number of hydrogen-bond acceptors (Lipinski definition) is 6. The first-order valence-electron chi connectivity index (χ1n) is 8.90. The van der Waals surface area contributed by atoms with Gasteiger partial charge in [0, 0.05) is 23.7 Å². The van der Waals surface area contributed by atoms with Gasteiger partial charge in [-0.25, -0.2) is 14.6 Å². The standard InChI is InChI=1S/C18H23N5O4/c1-10(2)19-18(26)27-12-7-6-11(8-12)14-9-16(23-22-14)21-15-5-3-4-13(20-15)17(24)25/h3-5,9-12H,6-8H2,1-2H3,(H,19,26)(H,24,25)(H2,20,21,22,23)/t11-,12+/m0/s1. The van der Waals surface area contributed by atoms with Crippen molar-refractivity contribution in [2.24, 2.45) is 0 Å². The Labute approximate surface area is 156 Å². The first-order chi connectivity index (χ1) is 12.9. The molecular weight excluding hydrogens is 350 g/mol. The molecule has 0 spiro atoms. The van der Waals surface area contributed by atoms with Gasteiger partial charge in [0.05, 0.1) is 0 Å². The second kappa shape index (κ2) is 8.07. The number of nitrogens with one attached hydrogen (secondary N) is 3. The topological polar surface area (TPSA) is 129 Å². The van der Waals surface area contributed by atoms with E-state index in [9.17, 15) is 9.59 Å². The molecule has 0 saturated heterocycles. The number of anilines is 2. The molecule has 0 bridgehead atoms. The number of carbonyl (C=O) groups excluding carboxylic acids is 1. The van der Waals surface area contributed by atoms with Gasteiger partial charge in [-0.1, -0.05) is 6.07 Å². The van der Waals surface area contributed by atoms with E-state index in [0.717, 1.165) is 25.0 Å². The highest BCUT2D eigenvalue weighted by Gasteiger charge is 2.30. The molecule has 0 unspecified atom stereocenters. The first-order valence-corrected chi connectivity index (χ1v) is 8.90. The van der Waals surface area contributed by atoms with E-state index in [1.807, 2.05) is 19.9 Å². The van der Waals surface area contributed by atoms with Gasteiger partial charge in [-0.05, 0) is 45.2 Å². The van der Waals surface area contributed by atoms with E-state index in [-0.39, 0.29) is 29.9 Å². The van der Waals surface area contributed by atoms with Crippen molar-refractivity contribution in [2.45, 2.75) is 51.2 Å². The molecule has 4 N–H and O–H groups in total. The molecular formula is C18H23N5O4. The van der Waals surface area contributed by atoms with Crippen LogP contribution >= 0.6 is 0 Å². The van der Waals surface area contributed by atoms with Gasteiger partial charge in [0.15, 0.2) is 11.5 Å². The average Bonchev–Trinajstić information content (AvgIpc) is 3.23. The molecule has 1 amide bonds. The number of H-pyrrole nitrogens is 1. The third kappa shape index (κ3) is 4.96. The summed E-state index contributed by atoms with van der Waals surface area (Å²) >= 11 is 0. The van der Waals surface area contributed by atoms with E-state index in [0.29, 0.717) is 11.6 Å². The molecule has 2 heterocycles. The van der Waals surface area contributed by atoms with Crippen molar-refractivity contribution in [2.75, 3.05) is 5.32 Å². The Bertz CT molecular complexity index is 820. The van der Waals surface area contributed by atoms with Crippen molar-refractivity contribution in [3.8, 4) is 0 Å². The van der Waals surface area contributed by atoms with E-state index >= 15 is 0 Å². The monoisotopic (exact) mass is 373 g/mol. The van der Waals surface area contributed by atoms with Crippen LogP contribution in [0.4, 0.5) is 16.4 Å². The van der Waals surface area contributed by atoms with Crippen molar-refractivity contribution >= 4 is 23.7 Å². The highest BCUT2D eigenvalue weighted by molar-refractivity contribution is 5.85. The number of amides is 1. The summed E-state index contributed by atoms with van der Waals surface area (Å²) in [6, 6.07) is 6.64. The molecule has 1 aliphatic carbocycles. The number of carbonyl (C=O) groups is 2. The fraction of sp³-hybridized carbons (Fsp3) is 0.444. The Morgan fingerprint density at radius 2 is 2.11 bits per heavy atom. The molecule has 0 radical (unpaired) electrons. The first kappa shape index (κ1) is 18.7. The quantitative estimate of drug-likeness (QED) is 0.612.